The minimum atomic E-state index is -0.170. The summed E-state index contributed by atoms with van der Waals surface area (Å²) in [5, 5.41) is 12.3. The minimum absolute atomic E-state index is 0.170. The molecule has 2 heterocycles. The van der Waals surface area contributed by atoms with E-state index in [-0.39, 0.29) is 6.04 Å². The second kappa shape index (κ2) is 6.84. The highest BCUT2D eigenvalue weighted by molar-refractivity contribution is 5.44. The van der Waals surface area contributed by atoms with Crippen LogP contribution in [0.2, 0.25) is 0 Å². The van der Waals surface area contributed by atoms with Gasteiger partial charge in [-0.25, -0.2) is 9.97 Å². The number of imidazole rings is 1. The van der Waals surface area contributed by atoms with Gasteiger partial charge in [0, 0.05) is 25.6 Å². The van der Waals surface area contributed by atoms with Gasteiger partial charge < -0.3 is 14.6 Å². The fourth-order valence-electron chi connectivity index (χ4n) is 2.44. The van der Waals surface area contributed by atoms with Crippen molar-refractivity contribution in [1.82, 2.24) is 14.5 Å². The second-order valence-corrected chi connectivity index (χ2v) is 5.29. The van der Waals surface area contributed by atoms with E-state index in [1.54, 1.807) is 31.6 Å². The maximum absolute atomic E-state index is 8.89. The Kier molecular flexibility index (Phi) is 4.43. The molecular formula is C18H17N5O. The van der Waals surface area contributed by atoms with Crippen LogP contribution in [0.4, 0.5) is 5.82 Å². The second-order valence-electron chi connectivity index (χ2n) is 5.29. The van der Waals surface area contributed by atoms with Gasteiger partial charge in [0.15, 0.2) is 0 Å². The Labute approximate surface area is 140 Å². The van der Waals surface area contributed by atoms with Gasteiger partial charge in [-0.2, -0.15) is 5.26 Å². The normalized spacial score (nSPS) is 11.5. The molecule has 0 radical (unpaired) electrons. The van der Waals surface area contributed by atoms with Crippen molar-refractivity contribution in [2.75, 3.05) is 12.4 Å². The lowest BCUT2D eigenvalue weighted by atomic mass is 10.1. The number of aryl methyl sites for hydroxylation is 1. The van der Waals surface area contributed by atoms with Crippen molar-refractivity contribution in [2.45, 2.75) is 6.04 Å². The minimum Gasteiger partial charge on any atom is -0.497 e. The average Bonchev–Trinajstić information content (AvgIpc) is 3.06. The van der Waals surface area contributed by atoms with Crippen LogP contribution in [0.25, 0.3) is 0 Å². The Balaban J connectivity index is 1.95. The molecule has 1 N–H and O–H groups in total. The van der Waals surface area contributed by atoms with Crippen molar-refractivity contribution in [1.29, 1.82) is 5.26 Å². The van der Waals surface area contributed by atoms with Gasteiger partial charge in [0.1, 0.15) is 29.5 Å². The summed E-state index contributed by atoms with van der Waals surface area (Å²) in [6, 6.07) is 13.2. The molecule has 24 heavy (non-hydrogen) atoms. The van der Waals surface area contributed by atoms with E-state index in [0.29, 0.717) is 11.4 Å². The van der Waals surface area contributed by atoms with Gasteiger partial charge in [0.05, 0.1) is 12.7 Å². The smallest absolute Gasteiger partial charge is 0.135 e. The lowest BCUT2D eigenvalue weighted by molar-refractivity contribution is 0.414. The van der Waals surface area contributed by atoms with Gasteiger partial charge in [-0.15, -0.1) is 0 Å². The number of aromatic nitrogens is 3. The van der Waals surface area contributed by atoms with Gasteiger partial charge in [-0.05, 0) is 29.8 Å². The average molecular weight is 319 g/mol. The number of nitrogens with zero attached hydrogens (tertiary/aromatic N) is 4. The predicted octanol–water partition coefficient (Wildman–Crippen LogP) is 2.90. The van der Waals surface area contributed by atoms with Gasteiger partial charge >= 0.3 is 0 Å². The molecule has 120 valence electrons. The van der Waals surface area contributed by atoms with Gasteiger partial charge in [-0.3, -0.25) is 0 Å². The fraction of sp³-hybridized carbons (Fsp3) is 0.167. The van der Waals surface area contributed by atoms with E-state index in [2.05, 4.69) is 21.4 Å². The molecule has 0 aliphatic rings. The summed E-state index contributed by atoms with van der Waals surface area (Å²) in [6.45, 7) is 0. The Morgan fingerprint density at radius 3 is 2.50 bits per heavy atom. The van der Waals surface area contributed by atoms with Crippen molar-refractivity contribution in [3.05, 3.63) is 71.9 Å². The monoisotopic (exact) mass is 319 g/mol. The molecule has 0 saturated carbocycles. The molecule has 0 bridgehead atoms. The lowest BCUT2D eigenvalue weighted by Crippen LogP contribution is -2.17. The van der Waals surface area contributed by atoms with Crippen LogP contribution < -0.4 is 10.1 Å². The van der Waals surface area contributed by atoms with Crippen LogP contribution in [0.5, 0.6) is 5.75 Å². The Morgan fingerprint density at radius 2 is 1.96 bits per heavy atom. The number of pyridine rings is 1. The van der Waals surface area contributed by atoms with Crippen molar-refractivity contribution >= 4 is 5.82 Å². The summed E-state index contributed by atoms with van der Waals surface area (Å²) < 4.78 is 7.19. The fourth-order valence-corrected chi connectivity index (χ4v) is 2.44. The molecule has 6 heteroatoms. The van der Waals surface area contributed by atoms with E-state index in [1.165, 1.54) is 0 Å². The number of methoxy groups -OCH3 is 1. The largest absolute Gasteiger partial charge is 0.497 e. The highest BCUT2D eigenvalue weighted by Gasteiger charge is 2.19. The molecule has 1 atom stereocenters. The maximum Gasteiger partial charge on any atom is 0.135 e. The number of benzene rings is 1. The molecule has 0 saturated heterocycles. The summed E-state index contributed by atoms with van der Waals surface area (Å²) in [5.74, 6) is 2.35. The molecule has 0 aliphatic carbocycles. The van der Waals surface area contributed by atoms with Crippen LogP contribution in [0, 0.1) is 11.3 Å². The molecule has 0 aliphatic heterocycles. The zero-order valence-electron chi connectivity index (χ0n) is 13.5. The van der Waals surface area contributed by atoms with E-state index in [1.807, 2.05) is 42.1 Å². The summed E-state index contributed by atoms with van der Waals surface area (Å²) in [4.78, 5) is 8.75. The molecule has 0 amide bonds. The van der Waals surface area contributed by atoms with Crippen molar-refractivity contribution in [3.63, 3.8) is 0 Å². The van der Waals surface area contributed by atoms with Crippen molar-refractivity contribution < 1.29 is 4.74 Å². The Hall–Kier alpha value is -3.33. The molecular weight excluding hydrogens is 302 g/mol. The van der Waals surface area contributed by atoms with E-state index in [9.17, 15) is 0 Å². The zero-order valence-corrected chi connectivity index (χ0v) is 13.5. The zero-order chi connectivity index (χ0) is 16.9. The third-order valence-electron chi connectivity index (χ3n) is 3.75. The first-order valence-electron chi connectivity index (χ1n) is 7.45. The van der Waals surface area contributed by atoms with Crippen LogP contribution in [-0.4, -0.2) is 21.6 Å². The van der Waals surface area contributed by atoms with Gasteiger partial charge in [-0.1, -0.05) is 12.1 Å². The first kappa shape index (κ1) is 15.6. The van der Waals surface area contributed by atoms with Crippen LogP contribution in [0.1, 0.15) is 23.0 Å². The van der Waals surface area contributed by atoms with Gasteiger partial charge in [0.2, 0.25) is 0 Å². The van der Waals surface area contributed by atoms with Crippen LogP contribution >= 0.6 is 0 Å². The van der Waals surface area contributed by atoms with Crippen LogP contribution in [0.15, 0.2) is 55.0 Å². The molecule has 1 aromatic carbocycles. The van der Waals surface area contributed by atoms with E-state index in [0.717, 1.165) is 17.1 Å². The topological polar surface area (TPSA) is 75.8 Å². The molecule has 3 rings (SSSR count). The van der Waals surface area contributed by atoms with Crippen LogP contribution in [0.3, 0.4) is 0 Å². The van der Waals surface area contributed by atoms with E-state index >= 15 is 0 Å². The van der Waals surface area contributed by atoms with Crippen molar-refractivity contribution in [3.8, 4) is 11.8 Å². The predicted molar refractivity (Wildman–Crippen MR) is 90.6 cm³/mol. The SMILES string of the molecule is COc1ccc(C(Nc2ccc(C#N)cn2)c2nccn2C)cc1. The number of nitriles is 1. The third kappa shape index (κ3) is 3.20. The molecule has 0 spiro atoms. The molecule has 1 unspecified atom stereocenters. The molecule has 6 nitrogen and oxygen atoms in total. The number of hydrogen-bond donors (Lipinski definition) is 1. The number of hydrogen-bond acceptors (Lipinski definition) is 5. The number of rotatable bonds is 5. The Morgan fingerprint density at radius 1 is 1.17 bits per heavy atom. The quantitative estimate of drug-likeness (QED) is 0.782. The molecule has 3 aromatic rings. The highest BCUT2D eigenvalue weighted by atomic mass is 16.5. The van der Waals surface area contributed by atoms with E-state index in [4.69, 9.17) is 10.00 Å². The third-order valence-corrected chi connectivity index (χ3v) is 3.75. The Bertz CT molecular complexity index is 846. The summed E-state index contributed by atoms with van der Waals surface area (Å²) in [5.41, 5.74) is 1.56. The first-order chi connectivity index (χ1) is 11.7. The summed E-state index contributed by atoms with van der Waals surface area (Å²) >= 11 is 0. The van der Waals surface area contributed by atoms with Gasteiger partial charge in [0.25, 0.3) is 0 Å². The van der Waals surface area contributed by atoms with Crippen LogP contribution in [-0.2, 0) is 7.05 Å². The molecule has 2 aromatic heterocycles. The number of nitrogens with one attached hydrogen (secondary N) is 1. The highest BCUT2D eigenvalue weighted by Crippen LogP contribution is 2.26. The lowest BCUT2D eigenvalue weighted by Gasteiger charge is -2.20. The van der Waals surface area contributed by atoms with E-state index < -0.39 is 0 Å². The number of anilines is 1. The summed E-state index contributed by atoms with van der Waals surface area (Å²) in [7, 11) is 3.59. The van der Waals surface area contributed by atoms with Crippen molar-refractivity contribution in [2.24, 2.45) is 7.05 Å². The summed E-state index contributed by atoms with van der Waals surface area (Å²) in [6.07, 6.45) is 5.21. The number of ether oxygens (including phenoxy) is 1. The standard InChI is InChI=1S/C18H17N5O/c1-23-10-9-20-18(23)17(14-4-6-15(24-2)7-5-14)22-16-8-3-13(11-19)12-21-16/h3-10,12,17H,1-2H3,(H,21,22). The molecule has 0 fully saturated rings. The maximum atomic E-state index is 8.89. The first-order valence-corrected chi connectivity index (χ1v) is 7.45.